The first-order valence-corrected chi connectivity index (χ1v) is 7.95. The number of carbonyl (C=O) groups is 1. The van der Waals surface area contributed by atoms with Crippen molar-refractivity contribution in [3.05, 3.63) is 18.3 Å². The van der Waals surface area contributed by atoms with E-state index >= 15 is 0 Å². The number of piperazine rings is 1. The number of nitrogen functional groups attached to an aromatic ring is 1. The van der Waals surface area contributed by atoms with Gasteiger partial charge in [0.15, 0.2) is 5.03 Å². The first-order chi connectivity index (χ1) is 9.40. The molecule has 0 bridgehead atoms. The number of hydrogen-bond donors (Lipinski definition) is 1. The molecule has 110 valence electrons. The summed E-state index contributed by atoms with van der Waals surface area (Å²) in [4.78, 5) is 19.5. The van der Waals surface area contributed by atoms with Gasteiger partial charge in [-0.05, 0) is 19.2 Å². The fourth-order valence-corrected chi connectivity index (χ4v) is 3.33. The third-order valence-electron chi connectivity index (χ3n) is 3.26. The Balaban J connectivity index is 2.09. The van der Waals surface area contributed by atoms with Gasteiger partial charge in [-0.3, -0.25) is 4.79 Å². The van der Waals surface area contributed by atoms with Gasteiger partial charge in [-0.1, -0.05) is 0 Å². The van der Waals surface area contributed by atoms with Crippen LogP contribution >= 0.6 is 0 Å². The highest BCUT2D eigenvalue weighted by Gasteiger charge is 2.27. The van der Waals surface area contributed by atoms with Gasteiger partial charge in [0.2, 0.25) is 15.7 Å². The molecular formula is C12H18N4O3S. The molecule has 0 atom stereocenters. The number of sulfone groups is 1. The van der Waals surface area contributed by atoms with Gasteiger partial charge >= 0.3 is 0 Å². The number of nitrogens with two attached hydrogens (primary N) is 1. The van der Waals surface area contributed by atoms with Crippen LogP contribution < -0.4 is 5.73 Å². The number of amides is 1. The van der Waals surface area contributed by atoms with Crippen LogP contribution in [0.4, 0.5) is 5.69 Å². The van der Waals surface area contributed by atoms with Crippen molar-refractivity contribution in [1.29, 1.82) is 0 Å². The second kappa shape index (κ2) is 5.76. The Morgan fingerprint density at radius 1 is 1.35 bits per heavy atom. The van der Waals surface area contributed by atoms with Crippen molar-refractivity contribution in [3.63, 3.8) is 0 Å². The fraction of sp³-hybridized carbons (Fsp3) is 0.500. The number of rotatable bonds is 3. The molecule has 1 saturated heterocycles. The second-order valence-electron chi connectivity index (χ2n) is 4.84. The summed E-state index contributed by atoms with van der Waals surface area (Å²) in [5.74, 6) is -0.985. The lowest BCUT2D eigenvalue weighted by Gasteiger charge is -2.32. The van der Waals surface area contributed by atoms with Gasteiger partial charge in [-0.15, -0.1) is 0 Å². The molecule has 2 heterocycles. The maximum absolute atomic E-state index is 12.2. The molecule has 1 aliphatic rings. The summed E-state index contributed by atoms with van der Waals surface area (Å²) >= 11 is 0. The van der Waals surface area contributed by atoms with Gasteiger partial charge in [0.1, 0.15) is 5.75 Å². The van der Waals surface area contributed by atoms with Crippen molar-refractivity contribution in [2.45, 2.75) is 5.03 Å². The molecule has 0 unspecified atom stereocenters. The number of hydrogen-bond acceptors (Lipinski definition) is 6. The first-order valence-electron chi connectivity index (χ1n) is 6.30. The normalized spacial score (nSPS) is 17.1. The third kappa shape index (κ3) is 3.26. The highest BCUT2D eigenvalue weighted by molar-refractivity contribution is 7.92. The van der Waals surface area contributed by atoms with Crippen LogP contribution in [0.2, 0.25) is 0 Å². The molecule has 0 aromatic carbocycles. The van der Waals surface area contributed by atoms with Crippen molar-refractivity contribution in [2.24, 2.45) is 0 Å². The topological polar surface area (TPSA) is 96.6 Å². The SMILES string of the molecule is CN1CCN(C(=O)CS(=O)(=O)c2ncccc2N)CC1. The molecule has 0 spiro atoms. The summed E-state index contributed by atoms with van der Waals surface area (Å²) in [5, 5.41) is -0.220. The molecule has 1 fully saturated rings. The largest absolute Gasteiger partial charge is 0.396 e. The third-order valence-corrected chi connectivity index (χ3v) is 4.82. The summed E-state index contributed by atoms with van der Waals surface area (Å²) < 4.78 is 24.3. The highest BCUT2D eigenvalue weighted by atomic mass is 32.2. The van der Waals surface area contributed by atoms with Gasteiger partial charge in [0, 0.05) is 32.4 Å². The maximum atomic E-state index is 12.2. The molecule has 1 aliphatic heterocycles. The smallest absolute Gasteiger partial charge is 0.238 e. The number of aromatic nitrogens is 1. The summed E-state index contributed by atoms with van der Waals surface area (Å²) in [5.41, 5.74) is 5.67. The molecule has 20 heavy (non-hydrogen) atoms. The lowest BCUT2D eigenvalue weighted by Crippen LogP contribution is -2.48. The average Bonchev–Trinajstić information content (AvgIpc) is 2.39. The van der Waals surface area contributed by atoms with Crippen molar-refractivity contribution >= 4 is 21.4 Å². The van der Waals surface area contributed by atoms with Crippen molar-refractivity contribution < 1.29 is 13.2 Å². The zero-order valence-electron chi connectivity index (χ0n) is 11.3. The standard InChI is InChI=1S/C12H18N4O3S/c1-15-5-7-16(8-6-15)11(17)9-20(18,19)12-10(13)3-2-4-14-12/h2-4H,5-9,13H2,1H3. The Kier molecular flexibility index (Phi) is 4.24. The zero-order valence-corrected chi connectivity index (χ0v) is 12.1. The average molecular weight is 298 g/mol. The van der Waals surface area contributed by atoms with E-state index in [-0.39, 0.29) is 10.7 Å². The van der Waals surface area contributed by atoms with E-state index in [2.05, 4.69) is 9.88 Å². The minimum absolute atomic E-state index is 0.0682. The van der Waals surface area contributed by atoms with Crippen LogP contribution in [0.3, 0.4) is 0 Å². The molecular weight excluding hydrogens is 280 g/mol. The Hall–Kier alpha value is -1.67. The number of carbonyl (C=O) groups excluding carboxylic acids is 1. The van der Waals surface area contributed by atoms with E-state index in [1.807, 2.05) is 7.05 Å². The monoisotopic (exact) mass is 298 g/mol. The molecule has 0 aliphatic carbocycles. The van der Waals surface area contributed by atoms with Crippen LogP contribution in [0.15, 0.2) is 23.4 Å². The summed E-state index contributed by atoms with van der Waals surface area (Å²) in [6, 6.07) is 3.01. The van der Waals surface area contributed by atoms with Gasteiger partial charge in [-0.2, -0.15) is 0 Å². The van der Waals surface area contributed by atoms with Crippen LogP contribution in [0.5, 0.6) is 0 Å². The molecule has 1 aromatic heterocycles. The highest BCUT2D eigenvalue weighted by Crippen LogP contribution is 2.16. The molecule has 1 aromatic rings. The van der Waals surface area contributed by atoms with Gasteiger partial charge in [0.05, 0.1) is 5.69 Å². The van der Waals surface area contributed by atoms with E-state index < -0.39 is 21.5 Å². The summed E-state index contributed by atoms with van der Waals surface area (Å²) in [6.45, 7) is 2.58. The lowest BCUT2D eigenvalue weighted by molar-refractivity contribution is -0.129. The quantitative estimate of drug-likeness (QED) is 0.785. The zero-order chi connectivity index (χ0) is 14.8. The van der Waals surface area contributed by atoms with Crippen LogP contribution in [0.1, 0.15) is 0 Å². The molecule has 0 saturated carbocycles. The molecule has 2 N–H and O–H groups in total. The van der Waals surface area contributed by atoms with E-state index in [1.54, 1.807) is 11.0 Å². The van der Waals surface area contributed by atoms with Gasteiger partial charge in [-0.25, -0.2) is 13.4 Å². The van der Waals surface area contributed by atoms with E-state index in [1.165, 1.54) is 12.3 Å². The molecule has 0 radical (unpaired) electrons. The van der Waals surface area contributed by atoms with Gasteiger partial charge in [0.25, 0.3) is 0 Å². The Morgan fingerprint density at radius 3 is 2.60 bits per heavy atom. The van der Waals surface area contributed by atoms with Crippen LogP contribution in [-0.2, 0) is 14.6 Å². The maximum Gasteiger partial charge on any atom is 0.238 e. The lowest BCUT2D eigenvalue weighted by atomic mass is 10.3. The Morgan fingerprint density at radius 2 is 2.00 bits per heavy atom. The van der Waals surface area contributed by atoms with E-state index in [4.69, 9.17) is 5.73 Å². The first kappa shape index (κ1) is 14.7. The second-order valence-corrected chi connectivity index (χ2v) is 6.75. The molecule has 2 rings (SSSR count). The number of nitrogens with zero attached hydrogens (tertiary/aromatic N) is 3. The van der Waals surface area contributed by atoms with Gasteiger partial charge < -0.3 is 15.5 Å². The predicted molar refractivity (Wildman–Crippen MR) is 74.8 cm³/mol. The Labute approximate surface area is 118 Å². The minimum Gasteiger partial charge on any atom is -0.396 e. The van der Waals surface area contributed by atoms with E-state index in [0.717, 1.165) is 13.1 Å². The fourth-order valence-electron chi connectivity index (χ4n) is 2.04. The Bertz CT molecular complexity index is 594. The predicted octanol–water partition coefficient (Wildman–Crippen LogP) is -0.788. The van der Waals surface area contributed by atoms with Crippen molar-refractivity contribution in [3.8, 4) is 0 Å². The summed E-state index contributed by atoms with van der Waals surface area (Å²) in [7, 11) is -1.83. The van der Waals surface area contributed by atoms with Crippen LogP contribution in [0, 0.1) is 0 Å². The van der Waals surface area contributed by atoms with Crippen molar-refractivity contribution in [1.82, 2.24) is 14.8 Å². The molecule has 8 heteroatoms. The van der Waals surface area contributed by atoms with E-state index in [0.29, 0.717) is 13.1 Å². The van der Waals surface area contributed by atoms with Crippen LogP contribution in [-0.4, -0.2) is 68.1 Å². The number of pyridine rings is 1. The molecule has 1 amide bonds. The van der Waals surface area contributed by atoms with E-state index in [9.17, 15) is 13.2 Å². The number of likely N-dealkylation sites (N-methyl/N-ethyl adjacent to an activating group) is 1. The summed E-state index contributed by atoms with van der Waals surface area (Å²) in [6.07, 6.45) is 1.35. The van der Waals surface area contributed by atoms with Crippen LogP contribution in [0.25, 0.3) is 0 Å². The molecule has 7 nitrogen and oxygen atoms in total. The minimum atomic E-state index is -3.79. The number of anilines is 1. The van der Waals surface area contributed by atoms with Crippen molar-refractivity contribution in [2.75, 3.05) is 44.7 Å².